The van der Waals surface area contributed by atoms with E-state index in [-0.39, 0.29) is 0 Å². The lowest BCUT2D eigenvalue weighted by molar-refractivity contribution is -0.361. The number of para-hydroxylation sites is 1. The van der Waals surface area contributed by atoms with Gasteiger partial charge in [0.1, 0.15) is 0 Å². The van der Waals surface area contributed by atoms with Crippen LogP contribution in [0.3, 0.4) is 0 Å². The van der Waals surface area contributed by atoms with Crippen LogP contribution in [0.25, 0.3) is 0 Å². The Hall–Kier alpha value is -1.31. The Bertz CT molecular complexity index is 260. The summed E-state index contributed by atoms with van der Waals surface area (Å²) in [6, 6.07) is 9.18. The van der Waals surface area contributed by atoms with Gasteiger partial charge in [-0.15, -0.1) is 0 Å². The van der Waals surface area contributed by atoms with Crippen LogP contribution in [0.1, 0.15) is 13.8 Å². The number of hydrogen-bond donors (Lipinski definition) is 0. The molecule has 0 aliphatic rings. The van der Waals surface area contributed by atoms with Gasteiger partial charge in [0.05, 0.1) is 0 Å². The molecule has 0 aliphatic carbocycles. The van der Waals surface area contributed by atoms with E-state index in [9.17, 15) is 5.21 Å². The third-order valence-electron chi connectivity index (χ3n) is 1.40. The summed E-state index contributed by atoms with van der Waals surface area (Å²) in [5.41, 5.74) is 1.43. The first-order chi connectivity index (χ1) is 5.22. The summed E-state index contributed by atoms with van der Waals surface area (Å²) in [5.74, 6) is 0. The highest BCUT2D eigenvalue weighted by Crippen LogP contribution is 2.08. The number of benzene rings is 1. The summed E-state index contributed by atoms with van der Waals surface area (Å²) in [5, 5.41) is 11.2. The zero-order valence-electron chi connectivity index (χ0n) is 6.74. The molecule has 0 saturated carbocycles. The van der Waals surface area contributed by atoms with Gasteiger partial charge in [-0.1, -0.05) is 18.2 Å². The smallest absolute Gasteiger partial charge is 0.216 e. The van der Waals surface area contributed by atoms with Crippen LogP contribution in [0.5, 0.6) is 0 Å². The lowest BCUT2D eigenvalue weighted by Gasteiger charge is -2.03. The van der Waals surface area contributed by atoms with E-state index < -0.39 is 0 Å². The Kier molecular flexibility index (Phi) is 2.26. The van der Waals surface area contributed by atoms with Crippen LogP contribution in [0.2, 0.25) is 0 Å². The minimum absolute atomic E-state index is 0.688. The molecule has 58 valence electrons. The van der Waals surface area contributed by atoms with Crippen molar-refractivity contribution in [1.29, 1.82) is 0 Å². The Balaban J connectivity index is 3.04. The van der Waals surface area contributed by atoms with Crippen LogP contribution in [-0.4, -0.2) is 10.5 Å². The second kappa shape index (κ2) is 3.19. The van der Waals surface area contributed by atoms with Crippen LogP contribution in [0, 0.1) is 5.21 Å². The molecule has 0 spiro atoms. The number of rotatable bonds is 1. The lowest BCUT2D eigenvalue weighted by atomic mass is 10.3. The van der Waals surface area contributed by atoms with E-state index in [1.54, 1.807) is 26.0 Å². The van der Waals surface area contributed by atoms with Crippen molar-refractivity contribution in [2.75, 3.05) is 0 Å². The van der Waals surface area contributed by atoms with Gasteiger partial charge < -0.3 is 5.21 Å². The van der Waals surface area contributed by atoms with E-state index in [1.165, 1.54) is 0 Å². The summed E-state index contributed by atoms with van der Waals surface area (Å²) in [6.07, 6.45) is 0. The van der Waals surface area contributed by atoms with Crippen molar-refractivity contribution in [1.82, 2.24) is 0 Å². The minimum Gasteiger partial charge on any atom is -0.618 e. The maximum atomic E-state index is 11.2. The van der Waals surface area contributed by atoms with E-state index in [2.05, 4.69) is 0 Å². The number of hydrogen-bond acceptors (Lipinski definition) is 1. The molecule has 2 nitrogen and oxygen atoms in total. The van der Waals surface area contributed by atoms with Crippen LogP contribution in [0.15, 0.2) is 30.3 Å². The van der Waals surface area contributed by atoms with E-state index in [4.69, 9.17) is 0 Å². The zero-order chi connectivity index (χ0) is 8.27. The van der Waals surface area contributed by atoms with Crippen LogP contribution < -0.4 is 0 Å². The third kappa shape index (κ3) is 1.80. The monoisotopic (exact) mass is 149 g/mol. The lowest BCUT2D eigenvalue weighted by Crippen LogP contribution is -2.02. The molecule has 0 aromatic heterocycles. The zero-order valence-corrected chi connectivity index (χ0v) is 6.74. The van der Waals surface area contributed by atoms with Gasteiger partial charge in [-0.25, -0.2) is 0 Å². The molecule has 0 radical (unpaired) electrons. The van der Waals surface area contributed by atoms with E-state index in [1.807, 2.05) is 18.2 Å². The predicted molar refractivity (Wildman–Crippen MR) is 46.1 cm³/mol. The van der Waals surface area contributed by atoms with Gasteiger partial charge in [0.25, 0.3) is 0 Å². The van der Waals surface area contributed by atoms with Crippen molar-refractivity contribution >= 4 is 11.4 Å². The average molecular weight is 149 g/mol. The standard InChI is InChI=1S/C9H11NO/c1-8(2)10(11)9-6-4-3-5-7-9/h3-7H,1-2H3. The largest absolute Gasteiger partial charge is 0.618 e. The van der Waals surface area contributed by atoms with Crippen molar-refractivity contribution in [3.8, 4) is 0 Å². The molecule has 0 N–H and O–H groups in total. The van der Waals surface area contributed by atoms with Crippen LogP contribution >= 0.6 is 0 Å². The van der Waals surface area contributed by atoms with E-state index in [0.29, 0.717) is 5.69 Å². The first-order valence-electron chi connectivity index (χ1n) is 3.54. The first-order valence-corrected chi connectivity index (χ1v) is 3.54. The molecule has 1 aromatic rings. The van der Waals surface area contributed by atoms with E-state index in [0.717, 1.165) is 10.5 Å². The highest BCUT2D eigenvalue weighted by Gasteiger charge is 1.99. The number of nitrogens with zero attached hydrogens (tertiary/aromatic N) is 1. The summed E-state index contributed by atoms with van der Waals surface area (Å²) < 4.78 is 0.917. The molecule has 0 bridgehead atoms. The molecule has 0 atom stereocenters. The molecule has 0 fully saturated rings. The molecule has 1 rings (SSSR count). The molecule has 2 heteroatoms. The molecule has 0 amide bonds. The van der Waals surface area contributed by atoms with Crippen molar-refractivity contribution in [2.24, 2.45) is 0 Å². The maximum absolute atomic E-state index is 11.2. The Labute approximate surface area is 66.4 Å². The fourth-order valence-corrected chi connectivity index (χ4v) is 0.822. The molecule has 0 aliphatic heterocycles. The third-order valence-corrected chi connectivity index (χ3v) is 1.40. The highest BCUT2D eigenvalue weighted by molar-refractivity contribution is 5.75. The fourth-order valence-electron chi connectivity index (χ4n) is 0.822. The van der Waals surface area contributed by atoms with Crippen LogP contribution in [-0.2, 0) is 0 Å². The molecule has 0 unspecified atom stereocenters. The molecule has 1 aromatic carbocycles. The normalized spacial score (nSPS) is 9.27. The summed E-state index contributed by atoms with van der Waals surface area (Å²) in [4.78, 5) is 0. The van der Waals surface area contributed by atoms with Crippen molar-refractivity contribution in [3.63, 3.8) is 0 Å². The highest BCUT2D eigenvalue weighted by atomic mass is 16.5. The molecule has 0 heterocycles. The quantitative estimate of drug-likeness (QED) is 0.260. The van der Waals surface area contributed by atoms with Crippen molar-refractivity contribution in [3.05, 3.63) is 35.5 Å². The molecule has 11 heavy (non-hydrogen) atoms. The van der Waals surface area contributed by atoms with Gasteiger partial charge in [0, 0.05) is 26.0 Å². The van der Waals surface area contributed by atoms with Gasteiger partial charge in [0.2, 0.25) is 5.69 Å². The maximum Gasteiger partial charge on any atom is 0.216 e. The van der Waals surface area contributed by atoms with Gasteiger partial charge >= 0.3 is 0 Å². The SMILES string of the molecule is CC(C)=[N+]([O-])c1ccccc1. The Morgan fingerprint density at radius 1 is 1.18 bits per heavy atom. The second-order valence-corrected chi connectivity index (χ2v) is 2.58. The molecular weight excluding hydrogens is 138 g/mol. The van der Waals surface area contributed by atoms with Gasteiger partial charge in [-0.05, 0) is 0 Å². The first kappa shape index (κ1) is 7.79. The van der Waals surface area contributed by atoms with Gasteiger partial charge in [-0.2, -0.15) is 4.74 Å². The van der Waals surface area contributed by atoms with Gasteiger partial charge in [0.15, 0.2) is 5.71 Å². The van der Waals surface area contributed by atoms with Crippen LogP contribution in [0.4, 0.5) is 5.69 Å². The summed E-state index contributed by atoms with van der Waals surface area (Å²) in [6.45, 7) is 3.58. The molecule has 0 saturated heterocycles. The van der Waals surface area contributed by atoms with E-state index >= 15 is 0 Å². The van der Waals surface area contributed by atoms with Crippen molar-refractivity contribution < 1.29 is 4.74 Å². The fraction of sp³-hybridized carbons (Fsp3) is 0.222. The Morgan fingerprint density at radius 2 is 1.73 bits per heavy atom. The minimum atomic E-state index is 0.688. The summed E-state index contributed by atoms with van der Waals surface area (Å²) >= 11 is 0. The average Bonchev–Trinajstić information content (AvgIpc) is 2.05. The summed E-state index contributed by atoms with van der Waals surface area (Å²) in [7, 11) is 0. The van der Waals surface area contributed by atoms with Crippen molar-refractivity contribution in [2.45, 2.75) is 13.8 Å². The predicted octanol–water partition coefficient (Wildman–Crippen LogP) is 2.31. The Morgan fingerprint density at radius 3 is 2.18 bits per heavy atom. The van der Waals surface area contributed by atoms with Gasteiger partial charge in [-0.3, -0.25) is 0 Å². The second-order valence-electron chi connectivity index (χ2n) is 2.58. The topological polar surface area (TPSA) is 26.1 Å². The molecular formula is C9H11NO.